The van der Waals surface area contributed by atoms with Crippen LogP contribution in [0.3, 0.4) is 0 Å². The van der Waals surface area contributed by atoms with Gasteiger partial charge in [0.2, 0.25) is 0 Å². The number of halogens is 1. The SMILES string of the molecule is CCCCN(C)C(CC)C(=O)c1ccccc1.Cl. The molecule has 0 fully saturated rings. The van der Waals surface area contributed by atoms with E-state index >= 15 is 0 Å². The fourth-order valence-electron chi connectivity index (χ4n) is 2.06. The second kappa shape index (κ2) is 9.12. The number of likely N-dealkylation sites (N-methyl/N-ethyl adjacent to an activating group) is 1. The van der Waals surface area contributed by atoms with Crippen LogP contribution in [0, 0.1) is 0 Å². The molecule has 1 atom stereocenters. The second-order valence-corrected chi connectivity index (χ2v) is 4.49. The lowest BCUT2D eigenvalue weighted by molar-refractivity contribution is 0.0844. The molecule has 0 amide bonds. The number of nitrogens with zero attached hydrogens (tertiary/aromatic N) is 1. The zero-order valence-electron chi connectivity index (χ0n) is 11.6. The van der Waals surface area contributed by atoms with Crippen LogP contribution in [0.4, 0.5) is 0 Å². The van der Waals surface area contributed by atoms with Crippen LogP contribution in [0.2, 0.25) is 0 Å². The van der Waals surface area contributed by atoms with E-state index in [2.05, 4.69) is 18.7 Å². The first-order valence-corrected chi connectivity index (χ1v) is 6.50. The number of benzene rings is 1. The molecule has 1 aromatic rings. The quantitative estimate of drug-likeness (QED) is 0.702. The van der Waals surface area contributed by atoms with Crippen LogP contribution < -0.4 is 0 Å². The Morgan fingerprint density at radius 2 is 1.83 bits per heavy atom. The summed E-state index contributed by atoms with van der Waals surface area (Å²) in [6.07, 6.45) is 3.18. The molecule has 2 nitrogen and oxygen atoms in total. The largest absolute Gasteiger partial charge is 0.296 e. The van der Waals surface area contributed by atoms with Gasteiger partial charge in [0, 0.05) is 5.56 Å². The van der Waals surface area contributed by atoms with Crippen LogP contribution in [0.15, 0.2) is 30.3 Å². The summed E-state index contributed by atoms with van der Waals surface area (Å²) in [5.41, 5.74) is 0.822. The fraction of sp³-hybridized carbons (Fsp3) is 0.533. The Labute approximate surface area is 117 Å². The first-order chi connectivity index (χ1) is 8.20. The van der Waals surface area contributed by atoms with E-state index in [1.165, 1.54) is 6.42 Å². The van der Waals surface area contributed by atoms with E-state index < -0.39 is 0 Å². The van der Waals surface area contributed by atoms with Gasteiger partial charge < -0.3 is 0 Å². The van der Waals surface area contributed by atoms with Gasteiger partial charge in [-0.05, 0) is 26.4 Å². The van der Waals surface area contributed by atoms with Gasteiger partial charge in [-0.2, -0.15) is 0 Å². The van der Waals surface area contributed by atoms with Crippen molar-refractivity contribution < 1.29 is 4.79 Å². The van der Waals surface area contributed by atoms with Gasteiger partial charge in [0.15, 0.2) is 5.78 Å². The highest BCUT2D eigenvalue weighted by atomic mass is 35.5. The molecule has 0 spiro atoms. The van der Waals surface area contributed by atoms with Crippen molar-refractivity contribution in [1.29, 1.82) is 0 Å². The minimum atomic E-state index is 0. The van der Waals surface area contributed by atoms with Crippen LogP contribution in [-0.2, 0) is 0 Å². The third-order valence-corrected chi connectivity index (χ3v) is 3.14. The van der Waals surface area contributed by atoms with E-state index in [0.717, 1.165) is 24.9 Å². The molecule has 1 aromatic carbocycles. The number of carbonyl (C=O) groups excluding carboxylic acids is 1. The Balaban J connectivity index is 0.00000289. The highest BCUT2D eigenvalue weighted by molar-refractivity contribution is 6.00. The van der Waals surface area contributed by atoms with Crippen LogP contribution in [0.5, 0.6) is 0 Å². The summed E-state index contributed by atoms with van der Waals surface area (Å²) >= 11 is 0. The summed E-state index contributed by atoms with van der Waals surface area (Å²) in [4.78, 5) is 14.5. The topological polar surface area (TPSA) is 20.3 Å². The maximum atomic E-state index is 12.3. The third kappa shape index (κ3) is 4.79. The van der Waals surface area contributed by atoms with Gasteiger partial charge >= 0.3 is 0 Å². The monoisotopic (exact) mass is 269 g/mol. The van der Waals surface area contributed by atoms with Crippen molar-refractivity contribution >= 4 is 18.2 Å². The average Bonchev–Trinajstić information content (AvgIpc) is 2.38. The van der Waals surface area contributed by atoms with Crippen molar-refractivity contribution in [3.05, 3.63) is 35.9 Å². The number of carbonyl (C=O) groups is 1. The smallest absolute Gasteiger partial charge is 0.179 e. The molecule has 18 heavy (non-hydrogen) atoms. The maximum absolute atomic E-state index is 12.3. The Morgan fingerprint density at radius 3 is 2.33 bits per heavy atom. The molecular formula is C15H24ClNO. The normalized spacial score (nSPS) is 12.0. The molecule has 0 aliphatic rings. The molecule has 0 heterocycles. The van der Waals surface area contributed by atoms with Gasteiger partial charge in [-0.1, -0.05) is 50.6 Å². The highest BCUT2D eigenvalue weighted by Gasteiger charge is 2.21. The zero-order valence-corrected chi connectivity index (χ0v) is 12.4. The van der Waals surface area contributed by atoms with Crippen LogP contribution >= 0.6 is 12.4 Å². The summed E-state index contributed by atoms with van der Waals surface area (Å²) < 4.78 is 0. The molecule has 0 saturated carbocycles. The van der Waals surface area contributed by atoms with Gasteiger partial charge in [-0.15, -0.1) is 12.4 Å². The van der Waals surface area contributed by atoms with Gasteiger partial charge in [0.1, 0.15) is 0 Å². The molecule has 0 aliphatic heterocycles. The lowest BCUT2D eigenvalue weighted by Crippen LogP contribution is -2.38. The number of unbranched alkanes of at least 4 members (excludes halogenated alkanes) is 1. The molecule has 1 unspecified atom stereocenters. The molecule has 0 radical (unpaired) electrons. The molecule has 3 heteroatoms. The van der Waals surface area contributed by atoms with E-state index in [-0.39, 0.29) is 24.2 Å². The molecule has 102 valence electrons. The number of hydrogen-bond donors (Lipinski definition) is 0. The van der Waals surface area contributed by atoms with Crippen molar-refractivity contribution in [3.8, 4) is 0 Å². The summed E-state index contributed by atoms with van der Waals surface area (Å²) in [5.74, 6) is 0.242. The number of rotatable bonds is 7. The first kappa shape index (κ1) is 17.1. The molecule has 0 bridgehead atoms. The Kier molecular flexibility index (Phi) is 8.69. The third-order valence-electron chi connectivity index (χ3n) is 3.14. The number of hydrogen-bond acceptors (Lipinski definition) is 2. The summed E-state index contributed by atoms with van der Waals surface area (Å²) in [6, 6.07) is 9.61. The van der Waals surface area contributed by atoms with Crippen molar-refractivity contribution in [2.75, 3.05) is 13.6 Å². The number of ketones is 1. The van der Waals surface area contributed by atoms with E-state index in [0.29, 0.717) is 0 Å². The molecule has 0 N–H and O–H groups in total. The van der Waals surface area contributed by atoms with Crippen molar-refractivity contribution in [1.82, 2.24) is 4.90 Å². The molecule has 1 rings (SSSR count). The van der Waals surface area contributed by atoms with E-state index in [1.54, 1.807) is 0 Å². The van der Waals surface area contributed by atoms with Crippen molar-refractivity contribution in [3.63, 3.8) is 0 Å². The minimum Gasteiger partial charge on any atom is -0.296 e. The second-order valence-electron chi connectivity index (χ2n) is 4.49. The van der Waals surface area contributed by atoms with Gasteiger partial charge in [-0.3, -0.25) is 9.69 Å². The highest BCUT2D eigenvalue weighted by Crippen LogP contribution is 2.11. The molecule has 0 aromatic heterocycles. The molecular weight excluding hydrogens is 246 g/mol. The van der Waals surface area contributed by atoms with Crippen molar-refractivity contribution in [2.45, 2.75) is 39.2 Å². The zero-order chi connectivity index (χ0) is 12.7. The first-order valence-electron chi connectivity index (χ1n) is 6.50. The average molecular weight is 270 g/mol. The molecule has 0 saturated heterocycles. The minimum absolute atomic E-state index is 0. The van der Waals surface area contributed by atoms with Gasteiger partial charge in [0.25, 0.3) is 0 Å². The lowest BCUT2D eigenvalue weighted by Gasteiger charge is -2.25. The summed E-state index contributed by atoms with van der Waals surface area (Å²) in [5, 5.41) is 0. The lowest BCUT2D eigenvalue weighted by atomic mass is 10.0. The fourth-order valence-corrected chi connectivity index (χ4v) is 2.06. The Hall–Kier alpha value is -0.860. The van der Waals surface area contributed by atoms with E-state index in [9.17, 15) is 4.79 Å². The Morgan fingerprint density at radius 1 is 1.22 bits per heavy atom. The Bertz CT molecular complexity index is 340. The number of Topliss-reactive ketones (excluding diaryl/α,β-unsaturated/α-hetero) is 1. The van der Waals surface area contributed by atoms with Gasteiger partial charge in [0.05, 0.1) is 6.04 Å². The van der Waals surface area contributed by atoms with Crippen molar-refractivity contribution in [2.24, 2.45) is 0 Å². The standard InChI is InChI=1S/C15H23NO.ClH/c1-4-6-12-16(3)14(5-2)15(17)13-10-8-7-9-11-13;/h7-11,14H,4-6,12H2,1-3H3;1H. The van der Waals surface area contributed by atoms with Crippen LogP contribution in [0.1, 0.15) is 43.5 Å². The summed E-state index contributed by atoms with van der Waals surface area (Å²) in [7, 11) is 2.05. The summed E-state index contributed by atoms with van der Waals surface area (Å²) in [6.45, 7) is 5.25. The predicted octanol–water partition coefficient (Wildman–Crippen LogP) is 3.80. The van der Waals surface area contributed by atoms with E-state index in [4.69, 9.17) is 0 Å². The predicted molar refractivity (Wildman–Crippen MR) is 79.6 cm³/mol. The molecule has 0 aliphatic carbocycles. The van der Waals surface area contributed by atoms with E-state index in [1.807, 2.05) is 37.4 Å². The van der Waals surface area contributed by atoms with Crippen LogP contribution in [0.25, 0.3) is 0 Å². The van der Waals surface area contributed by atoms with Gasteiger partial charge in [-0.25, -0.2) is 0 Å². The maximum Gasteiger partial charge on any atom is 0.179 e. The van der Waals surface area contributed by atoms with Crippen LogP contribution in [-0.4, -0.2) is 30.3 Å².